The van der Waals surface area contributed by atoms with Gasteiger partial charge in [0, 0.05) is 31.6 Å². The minimum absolute atomic E-state index is 0.0126. The van der Waals surface area contributed by atoms with Crippen LogP contribution in [-0.4, -0.2) is 30.2 Å². The predicted octanol–water partition coefficient (Wildman–Crippen LogP) is 4.42. The van der Waals surface area contributed by atoms with Crippen LogP contribution < -0.4 is 10.2 Å². The maximum Gasteiger partial charge on any atom is 0.225 e. The minimum Gasteiger partial charge on any atom is -0.378 e. The molecule has 0 atom stereocenters. The minimum atomic E-state index is 0.0126. The van der Waals surface area contributed by atoms with Gasteiger partial charge in [0.2, 0.25) is 5.91 Å². The van der Waals surface area contributed by atoms with E-state index in [4.69, 9.17) is 0 Å². The number of nitrogens with zero attached hydrogens (tertiary/aromatic N) is 2. The van der Waals surface area contributed by atoms with Gasteiger partial charge in [-0.25, -0.2) is 0 Å². The fraction of sp³-hybridized carbons (Fsp3) is 0.300. The Morgan fingerprint density at radius 1 is 1.12 bits per heavy atom. The molecular weight excluding hydrogens is 312 g/mol. The van der Waals surface area contributed by atoms with Gasteiger partial charge in [-0.05, 0) is 41.8 Å². The van der Waals surface area contributed by atoms with E-state index in [1.54, 1.807) is 0 Å². The number of benzene rings is 2. The molecule has 5 nitrogen and oxygen atoms in total. The molecule has 0 saturated heterocycles. The van der Waals surface area contributed by atoms with Gasteiger partial charge < -0.3 is 10.2 Å². The number of unbranched alkanes of at least 4 members (excludes halogenated alkanes) is 1. The summed E-state index contributed by atoms with van der Waals surface area (Å²) in [4.78, 5) is 14.0. The highest BCUT2D eigenvalue weighted by molar-refractivity contribution is 6.00. The first-order valence-electron chi connectivity index (χ1n) is 8.64. The van der Waals surface area contributed by atoms with Gasteiger partial charge in [0.1, 0.15) is 0 Å². The third-order valence-corrected chi connectivity index (χ3v) is 4.30. The van der Waals surface area contributed by atoms with Crippen molar-refractivity contribution in [2.45, 2.75) is 26.2 Å². The van der Waals surface area contributed by atoms with E-state index in [0.29, 0.717) is 12.2 Å². The number of anilines is 2. The Hall–Kier alpha value is -2.82. The zero-order valence-corrected chi connectivity index (χ0v) is 15.0. The van der Waals surface area contributed by atoms with Crippen molar-refractivity contribution in [3.8, 4) is 11.1 Å². The molecule has 0 saturated carbocycles. The molecule has 5 heteroatoms. The number of hydrogen-bond acceptors (Lipinski definition) is 3. The largest absolute Gasteiger partial charge is 0.378 e. The molecule has 0 spiro atoms. The Labute approximate surface area is 148 Å². The van der Waals surface area contributed by atoms with Crippen LogP contribution >= 0.6 is 0 Å². The molecule has 1 amide bonds. The lowest BCUT2D eigenvalue weighted by Crippen LogP contribution is -2.11. The molecule has 0 bridgehead atoms. The summed E-state index contributed by atoms with van der Waals surface area (Å²) in [6.07, 6.45) is 2.42. The number of aromatic nitrogens is 2. The molecule has 0 unspecified atom stereocenters. The maximum absolute atomic E-state index is 11.9. The molecule has 0 radical (unpaired) electrons. The maximum atomic E-state index is 11.9. The summed E-state index contributed by atoms with van der Waals surface area (Å²) in [5, 5.41) is 11.1. The van der Waals surface area contributed by atoms with Gasteiger partial charge >= 0.3 is 0 Å². The lowest BCUT2D eigenvalue weighted by molar-refractivity contribution is -0.116. The van der Waals surface area contributed by atoms with Crippen molar-refractivity contribution in [2.75, 3.05) is 24.3 Å². The molecule has 3 rings (SSSR count). The highest BCUT2D eigenvalue weighted by Crippen LogP contribution is 2.28. The van der Waals surface area contributed by atoms with E-state index in [1.807, 2.05) is 20.2 Å². The molecule has 1 heterocycles. The van der Waals surface area contributed by atoms with Crippen LogP contribution in [0.1, 0.15) is 26.2 Å². The van der Waals surface area contributed by atoms with Gasteiger partial charge in [0.25, 0.3) is 0 Å². The van der Waals surface area contributed by atoms with Crippen LogP contribution in [0.15, 0.2) is 42.5 Å². The standard InChI is InChI=1S/C20H24N4O/c1-4-5-6-19(25)21-20-17-12-9-15(13-18(17)22-23-20)14-7-10-16(11-8-14)24(2)3/h7-13H,4-6H2,1-3H3,(H2,21,22,23,25). The first kappa shape index (κ1) is 17.0. The zero-order chi connectivity index (χ0) is 17.8. The number of hydrogen-bond donors (Lipinski definition) is 2. The van der Waals surface area contributed by atoms with Crippen LogP contribution in [-0.2, 0) is 4.79 Å². The quantitative estimate of drug-likeness (QED) is 0.700. The topological polar surface area (TPSA) is 61.0 Å². The average Bonchev–Trinajstić information content (AvgIpc) is 3.02. The number of H-pyrrole nitrogens is 1. The number of amides is 1. The van der Waals surface area contributed by atoms with Crippen LogP contribution in [0.5, 0.6) is 0 Å². The van der Waals surface area contributed by atoms with E-state index in [2.05, 4.69) is 63.7 Å². The van der Waals surface area contributed by atoms with E-state index >= 15 is 0 Å². The number of nitrogens with one attached hydrogen (secondary N) is 2. The number of carbonyl (C=O) groups excluding carboxylic acids is 1. The molecule has 2 aromatic carbocycles. The van der Waals surface area contributed by atoms with Gasteiger partial charge in [0.15, 0.2) is 5.82 Å². The predicted molar refractivity (Wildman–Crippen MR) is 104 cm³/mol. The summed E-state index contributed by atoms with van der Waals surface area (Å²) in [7, 11) is 4.06. The van der Waals surface area contributed by atoms with Crippen molar-refractivity contribution in [2.24, 2.45) is 0 Å². The van der Waals surface area contributed by atoms with Crippen LogP contribution in [0.4, 0.5) is 11.5 Å². The molecule has 3 aromatic rings. The molecule has 25 heavy (non-hydrogen) atoms. The first-order valence-corrected chi connectivity index (χ1v) is 8.64. The SMILES string of the molecule is CCCCC(=O)Nc1n[nH]c2cc(-c3ccc(N(C)C)cc3)ccc12. The molecule has 130 valence electrons. The lowest BCUT2D eigenvalue weighted by Gasteiger charge is -2.12. The van der Waals surface area contributed by atoms with Crippen molar-refractivity contribution in [1.82, 2.24) is 10.2 Å². The molecule has 0 aliphatic carbocycles. The Morgan fingerprint density at radius 3 is 2.52 bits per heavy atom. The van der Waals surface area contributed by atoms with E-state index in [9.17, 15) is 4.79 Å². The van der Waals surface area contributed by atoms with Crippen molar-refractivity contribution in [3.63, 3.8) is 0 Å². The van der Waals surface area contributed by atoms with Crippen molar-refractivity contribution >= 4 is 28.3 Å². The van der Waals surface area contributed by atoms with Gasteiger partial charge in [0.05, 0.1) is 5.52 Å². The van der Waals surface area contributed by atoms with Crippen molar-refractivity contribution < 1.29 is 4.79 Å². The fourth-order valence-electron chi connectivity index (χ4n) is 2.78. The summed E-state index contributed by atoms with van der Waals surface area (Å²) in [5.74, 6) is 0.615. The smallest absolute Gasteiger partial charge is 0.225 e. The highest BCUT2D eigenvalue weighted by atomic mass is 16.1. The van der Waals surface area contributed by atoms with Crippen LogP contribution in [0.2, 0.25) is 0 Å². The second-order valence-corrected chi connectivity index (χ2v) is 6.43. The summed E-state index contributed by atoms with van der Waals surface area (Å²) >= 11 is 0. The lowest BCUT2D eigenvalue weighted by atomic mass is 10.0. The van der Waals surface area contributed by atoms with Crippen LogP contribution in [0.25, 0.3) is 22.0 Å². The summed E-state index contributed by atoms with van der Waals surface area (Å²) in [6, 6.07) is 14.6. The third-order valence-electron chi connectivity index (χ3n) is 4.30. The van der Waals surface area contributed by atoms with Crippen LogP contribution in [0.3, 0.4) is 0 Å². The molecule has 0 aliphatic heterocycles. The molecule has 0 fully saturated rings. The van der Waals surface area contributed by atoms with Gasteiger partial charge in [-0.3, -0.25) is 9.89 Å². The van der Waals surface area contributed by atoms with E-state index in [1.165, 1.54) is 5.69 Å². The summed E-state index contributed by atoms with van der Waals surface area (Å²) in [5.41, 5.74) is 4.35. The van der Waals surface area contributed by atoms with Crippen molar-refractivity contribution in [1.29, 1.82) is 0 Å². The number of carbonyl (C=O) groups is 1. The normalized spacial score (nSPS) is 10.8. The number of fused-ring (bicyclic) bond motifs is 1. The second-order valence-electron chi connectivity index (χ2n) is 6.43. The van der Waals surface area contributed by atoms with E-state index < -0.39 is 0 Å². The molecular formula is C20H24N4O. The second kappa shape index (κ2) is 7.38. The number of aromatic amines is 1. The molecule has 0 aliphatic rings. The van der Waals surface area contributed by atoms with Gasteiger partial charge in [-0.15, -0.1) is 0 Å². The highest BCUT2D eigenvalue weighted by Gasteiger charge is 2.10. The Kier molecular flexibility index (Phi) is 5.03. The first-order chi connectivity index (χ1) is 12.1. The Morgan fingerprint density at radius 2 is 1.84 bits per heavy atom. The molecule has 2 N–H and O–H groups in total. The van der Waals surface area contributed by atoms with Gasteiger partial charge in [-0.2, -0.15) is 5.10 Å². The number of rotatable bonds is 6. The van der Waals surface area contributed by atoms with E-state index in [-0.39, 0.29) is 5.91 Å². The Balaban J connectivity index is 1.82. The monoisotopic (exact) mass is 336 g/mol. The van der Waals surface area contributed by atoms with Gasteiger partial charge in [-0.1, -0.05) is 31.5 Å². The van der Waals surface area contributed by atoms with Crippen LogP contribution in [0, 0.1) is 0 Å². The molecule has 1 aromatic heterocycles. The zero-order valence-electron chi connectivity index (χ0n) is 15.0. The Bertz CT molecular complexity index is 865. The summed E-state index contributed by atoms with van der Waals surface area (Å²) < 4.78 is 0. The van der Waals surface area contributed by atoms with E-state index in [0.717, 1.165) is 34.9 Å². The third kappa shape index (κ3) is 3.82. The average molecular weight is 336 g/mol. The summed E-state index contributed by atoms with van der Waals surface area (Å²) in [6.45, 7) is 2.07. The van der Waals surface area contributed by atoms with Crippen molar-refractivity contribution in [3.05, 3.63) is 42.5 Å². The fourth-order valence-corrected chi connectivity index (χ4v) is 2.78.